The molecule has 4 rings (SSSR count). The third kappa shape index (κ3) is 3.54. The minimum atomic E-state index is 0.0228. The molecule has 0 radical (unpaired) electrons. The third-order valence-electron chi connectivity index (χ3n) is 5.63. The molecule has 7 nitrogen and oxygen atoms in total. The second-order valence-electron chi connectivity index (χ2n) is 7.27. The van der Waals surface area contributed by atoms with Gasteiger partial charge in [0.1, 0.15) is 5.82 Å². The van der Waals surface area contributed by atoms with Gasteiger partial charge in [-0.3, -0.25) is 4.79 Å². The van der Waals surface area contributed by atoms with Crippen LogP contribution in [0.4, 0.5) is 5.82 Å². The quantitative estimate of drug-likeness (QED) is 0.752. The molecule has 0 saturated carbocycles. The Kier molecular flexibility index (Phi) is 5.33. The highest BCUT2D eigenvalue weighted by atomic mass is 32.2. The van der Waals surface area contributed by atoms with E-state index in [4.69, 9.17) is 0 Å². The van der Waals surface area contributed by atoms with Crippen molar-refractivity contribution in [2.45, 2.75) is 36.9 Å². The van der Waals surface area contributed by atoms with E-state index in [1.807, 2.05) is 47.2 Å². The molecule has 0 N–H and O–H groups in total. The maximum atomic E-state index is 13.4. The minimum absolute atomic E-state index is 0.0228. The fraction of sp³-hybridized carbons (Fsp3) is 0.579. The average Bonchev–Trinajstić information content (AvgIpc) is 3.34. The van der Waals surface area contributed by atoms with Crippen molar-refractivity contribution in [3.05, 3.63) is 30.2 Å². The van der Waals surface area contributed by atoms with Crippen molar-refractivity contribution in [2.24, 2.45) is 13.0 Å². The van der Waals surface area contributed by atoms with Crippen molar-refractivity contribution < 1.29 is 4.79 Å². The number of thioether (sulfide) groups is 1. The van der Waals surface area contributed by atoms with Crippen LogP contribution in [-0.2, 0) is 11.8 Å². The Hall–Kier alpha value is -2.09. The van der Waals surface area contributed by atoms with E-state index in [-0.39, 0.29) is 17.9 Å². The van der Waals surface area contributed by atoms with Gasteiger partial charge in [-0.25, -0.2) is 4.98 Å². The Balaban J connectivity index is 1.50. The average molecular weight is 387 g/mol. The number of likely N-dealkylation sites (tertiary alicyclic amines) is 1. The zero-order valence-electron chi connectivity index (χ0n) is 15.9. The lowest BCUT2D eigenvalue weighted by molar-refractivity contribution is -0.137. The summed E-state index contributed by atoms with van der Waals surface area (Å²) in [5, 5.41) is 9.54. The van der Waals surface area contributed by atoms with Crippen LogP contribution in [0.2, 0.25) is 0 Å². The number of piperidine rings is 1. The Labute approximate surface area is 164 Å². The van der Waals surface area contributed by atoms with Crippen LogP contribution in [0.25, 0.3) is 0 Å². The number of hydrogen-bond acceptors (Lipinski definition) is 6. The molecule has 2 aliphatic heterocycles. The second kappa shape index (κ2) is 7.88. The first-order chi connectivity index (χ1) is 13.2. The van der Waals surface area contributed by atoms with Crippen LogP contribution in [0, 0.1) is 5.92 Å². The Morgan fingerprint density at radius 3 is 2.78 bits per heavy atom. The fourth-order valence-electron chi connectivity index (χ4n) is 4.26. The number of carbonyl (C=O) groups is 1. The first-order valence-electron chi connectivity index (χ1n) is 9.58. The number of anilines is 1. The van der Waals surface area contributed by atoms with Crippen LogP contribution < -0.4 is 4.90 Å². The second-order valence-corrected chi connectivity index (χ2v) is 8.04. The van der Waals surface area contributed by atoms with Crippen LogP contribution in [0.5, 0.6) is 0 Å². The molecule has 2 saturated heterocycles. The van der Waals surface area contributed by atoms with Crippen LogP contribution in [0.1, 0.15) is 37.5 Å². The first-order valence-corrected chi connectivity index (χ1v) is 10.8. The van der Waals surface area contributed by atoms with Crippen molar-refractivity contribution in [2.75, 3.05) is 30.8 Å². The van der Waals surface area contributed by atoms with Gasteiger partial charge in [0.05, 0.1) is 12.0 Å². The number of aromatic nitrogens is 4. The first kappa shape index (κ1) is 18.3. The lowest BCUT2D eigenvalue weighted by Gasteiger charge is -2.36. The van der Waals surface area contributed by atoms with Gasteiger partial charge in [-0.15, -0.1) is 10.2 Å². The molecule has 2 fully saturated rings. The van der Waals surface area contributed by atoms with E-state index in [9.17, 15) is 4.79 Å². The summed E-state index contributed by atoms with van der Waals surface area (Å²) in [4.78, 5) is 22.1. The number of nitrogens with zero attached hydrogens (tertiary/aromatic N) is 6. The van der Waals surface area contributed by atoms with E-state index in [0.29, 0.717) is 0 Å². The topological polar surface area (TPSA) is 67.2 Å². The predicted octanol–water partition coefficient (Wildman–Crippen LogP) is 2.51. The summed E-state index contributed by atoms with van der Waals surface area (Å²) in [7, 11) is 1.99. The van der Waals surface area contributed by atoms with Gasteiger partial charge in [-0.05, 0) is 44.1 Å². The number of amides is 1. The number of carbonyl (C=O) groups excluding carboxylic acids is 1. The molecule has 2 aromatic rings. The molecule has 0 aliphatic carbocycles. The molecular formula is C19H26N6OS. The van der Waals surface area contributed by atoms with E-state index in [2.05, 4.69) is 20.1 Å². The van der Waals surface area contributed by atoms with E-state index in [0.717, 1.165) is 62.1 Å². The molecule has 0 aromatic carbocycles. The highest BCUT2D eigenvalue weighted by Crippen LogP contribution is 2.34. The number of pyridine rings is 1. The Morgan fingerprint density at radius 2 is 2.04 bits per heavy atom. The van der Waals surface area contributed by atoms with Gasteiger partial charge in [-0.1, -0.05) is 17.8 Å². The lowest BCUT2D eigenvalue weighted by atomic mass is 9.96. The van der Waals surface area contributed by atoms with Gasteiger partial charge in [-0.2, -0.15) is 0 Å². The zero-order valence-corrected chi connectivity index (χ0v) is 16.7. The molecule has 8 heteroatoms. The Morgan fingerprint density at radius 1 is 1.19 bits per heavy atom. The highest BCUT2D eigenvalue weighted by Gasteiger charge is 2.38. The lowest BCUT2D eigenvalue weighted by Crippen LogP contribution is -2.45. The van der Waals surface area contributed by atoms with Crippen molar-refractivity contribution in [1.82, 2.24) is 24.6 Å². The van der Waals surface area contributed by atoms with E-state index < -0.39 is 0 Å². The van der Waals surface area contributed by atoms with Crippen molar-refractivity contribution in [1.29, 1.82) is 0 Å². The van der Waals surface area contributed by atoms with Crippen LogP contribution in [0.15, 0.2) is 29.6 Å². The van der Waals surface area contributed by atoms with Gasteiger partial charge in [0.25, 0.3) is 0 Å². The molecule has 0 unspecified atom stereocenters. The number of hydrogen-bond donors (Lipinski definition) is 0. The summed E-state index contributed by atoms with van der Waals surface area (Å²) >= 11 is 1.58. The maximum Gasteiger partial charge on any atom is 0.228 e. The summed E-state index contributed by atoms with van der Waals surface area (Å²) in [6, 6.07) is 5.99. The van der Waals surface area contributed by atoms with Crippen LogP contribution in [-0.4, -0.2) is 56.4 Å². The smallest absolute Gasteiger partial charge is 0.228 e. The molecule has 0 bridgehead atoms. The molecule has 4 heterocycles. The summed E-state index contributed by atoms with van der Waals surface area (Å²) in [5.74, 6) is 2.15. The van der Waals surface area contributed by atoms with E-state index in [1.54, 1.807) is 11.8 Å². The minimum Gasteiger partial charge on any atom is -0.356 e. The molecule has 2 aromatic heterocycles. The molecule has 2 aliphatic rings. The van der Waals surface area contributed by atoms with Gasteiger partial charge >= 0.3 is 0 Å². The van der Waals surface area contributed by atoms with E-state index >= 15 is 0 Å². The molecule has 27 heavy (non-hydrogen) atoms. The third-order valence-corrected chi connectivity index (χ3v) is 6.35. The Bertz CT molecular complexity index is 795. The van der Waals surface area contributed by atoms with Gasteiger partial charge < -0.3 is 14.4 Å². The van der Waals surface area contributed by atoms with Crippen LogP contribution in [0.3, 0.4) is 0 Å². The SMILES string of the molecule is CSc1nnc([C@H]2CCCN2C(=O)[C@H]2CCCN(c3ccccn3)C2)n1C. The molecule has 144 valence electrons. The molecule has 2 atom stereocenters. The molecular weight excluding hydrogens is 360 g/mol. The molecule has 1 amide bonds. The van der Waals surface area contributed by atoms with Gasteiger partial charge in [0.15, 0.2) is 11.0 Å². The fourth-order valence-corrected chi connectivity index (χ4v) is 4.74. The van der Waals surface area contributed by atoms with Crippen LogP contribution >= 0.6 is 11.8 Å². The summed E-state index contributed by atoms with van der Waals surface area (Å²) < 4.78 is 2.03. The van der Waals surface area contributed by atoms with Gasteiger partial charge in [0, 0.05) is 32.9 Å². The predicted molar refractivity (Wildman–Crippen MR) is 106 cm³/mol. The van der Waals surface area contributed by atoms with E-state index in [1.165, 1.54) is 0 Å². The summed E-state index contributed by atoms with van der Waals surface area (Å²) in [6.07, 6.45) is 7.76. The summed E-state index contributed by atoms with van der Waals surface area (Å²) in [5.41, 5.74) is 0. The monoisotopic (exact) mass is 386 g/mol. The number of rotatable bonds is 4. The van der Waals surface area contributed by atoms with Gasteiger partial charge in [0.2, 0.25) is 5.91 Å². The van der Waals surface area contributed by atoms with Crippen molar-refractivity contribution >= 4 is 23.5 Å². The largest absolute Gasteiger partial charge is 0.356 e. The molecule has 0 spiro atoms. The van der Waals surface area contributed by atoms with Crippen molar-refractivity contribution in [3.63, 3.8) is 0 Å². The standard InChI is InChI=1S/C19H26N6OS/c1-23-17(21-22-19(23)27-2)15-8-6-12-25(15)18(26)14-7-5-11-24(13-14)16-9-3-4-10-20-16/h3-4,9-10,14-15H,5-8,11-13H2,1-2H3/t14-,15+/m0/s1. The van der Waals surface area contributed by atoms with Crippen molar-refractivity contribution in [3.8, 4) is 0 Å². The normalized spacial score (nSPS) is 23.0. The zero-order chi connectivity index (χ0) is 18.8. The summed E-state index contributed by atoms with van der Waals surface area (Å²) in [6.45, 7) is 2.52. The highest BCUT2D eigenvalue weighted by molar-refractivity contribution is 7.98. The maximum absolute atomic E-state index is 13.4.